The van der Waals surface area contributed by atoms with Crippen molar-refractivity contribution in [1.29, 1.82) is 0 Å². The normalized spacial score (nSPS) is 42.3. The molecule has 0 bridgehead atoms. The number of hydrogen-bond donors (Lipinski definition) is 0. The number of allylic oxidation sites excluding steroid dienone is 4. The molecule has 31 heavy (non-hydrogen) atoms. The second kappa shape index (κ2) is 7.52. The van der Waals surface area contributed by atoms with Gasteiger partial charge in [-0.3, -0.25) is 14.4 Å². The minimum absolute atomic E-state index is 0.0607. The highest BCUT2D eigenvalue weighted by Gasteiger charge is 2.72. The Morgan fingerprint density at radius 2 is 1.68 bits per heavy atom. The fourth-order valence-corrected chi connectivity index (χ4v) is 8.03. The minimum Gasteiger partial charge on any atom is -0.299 e. The quantitative estimate of drug-likeness (QED) is 0.511. The molecule has 7 atom stereocenters. The third kappa shape index (κ3) is 3.09. The van der Waals surface area contributed by atoms with Crippen LogP contribution in [0.25, 0.3) is 0 Å². The summed E-state index contributed by atoms with van der Waals surface area (Å²) in [6.45, 7) is 13.6. The van der Waals surface area contributed by atoms with E-state index in [9.17, 15) is 14.4 Å². The van der Waals surface area contributed by atoms with Gasteiger partial charge in [0.2, 0.25) is 0 Å². The topological polar surface area (TPSA) is 51.2 Å². The maximum absolute atomic E-state index is 13.7. The summed E-state index contributed by atoms with van der Waals surface area (Å²) in [6.07, 6.45) is 11.4. The van der Waals surface area contributed by atoms with E-state index >= 15 is 0 Å². The van der Waals surface area contributed by atoms with Gasteiger partial charge in [-0.05, 0) is 66.8 Å². The predicted octanol–water partition coefficient (Wildman–Crippen LogP) is 6.12. The zero-order valence-corrected chi connectivity index (χ0v) is 20.3. The van der Waals surface area contributed by atoms with Gasteiger partial charge in [-0.25, -0.2) is 0 Å². The Morgan fingerprint density at radius 3 is 2.35 bits per heavy atom. The Balaban J connectivity index is 1.74. The molecular weight excluding hydrogens is 384 g/mol. The van der Waals surface area contributed by atoms with E-state index in [2.05, 4.69) is 53.7 Å². The van der Waals surface area contributed by atoms with Gasteiger partial charge < -0.3 is 0 Å². The molecule has 0 heterocycles. The van der Waals surface area contributed by atoms with Crippen molar-refractivity contribution in [2.75, 3.05) is 0 Å². The lowest BCUT2D eigenvalue weighted by molar-refractivity contribution is -0.164. The Morgan fingerprint density at radius 1 is 0.968 bits per heavy atom. The van der Waals surface area contributed by atoms with Crippen LogP contribution in [0.4, 0.5) is 0 Å². The Labute approximate surface area is 188 Å². The number of Topliss-reactive ketones (excluding diaryl/α,β-unsaturated/α-hetero) is 2. The van der Waals surface area contributed by atoms with Gasteiger partial charge in [0.25, 0.3) is 0 Å². The molecule has 0 aromatic rings. The molecule has 0 radical (unpaired) electrons. The van der Waals surface area contributed by atoms with Crippen molar-refractivity contribution < 1.29 is 14.4 Å². The van der Waals surface area contributed by atoms with Crippen LogP contribution in [0.5, 0.6) is 0 Å². The van der Waals surface area contributed by atoms with Crippen LogP contribution < -0.4 is 0 Å². The molecule has 0 aromatic heterocycles. The summed E-state index contributed by atoms with van der Waals surface area (Å²) in [5.74, 6) is 2.60. The molecule has 3 saturated carbocycles. The molecule has 1 spiro atoms. The van der Waals surface area contributed by atoms with Crippen LogP contribution in [-0.4, -0.2) is 17.3 Å². The summed E-state index contributed by atoms with van der Waals surface area (Å²) in [6, 6.07) is 0. The number of rotatable bonds is 4. The van der Waals surface area contributed by atoms with Crippen LogP contribution in [-0.2, 0) is 14.4 Å². The third-order valence-electron chi connectivity index (χ3n) is 10.3. The SMILES string of the molecule is CC(C)[C@H](C)C=C[C@@H](C)[C@H]1CCC(=O)[C@]23CC(=O)C4=CC(=O)CC[C@]4(C)[C@H]2CC[C@]13C. The first-order valence-electron chi connectivity index (χ1n) is 12.5. The lowest BCUT2D eigenvalue weighted by Crippen LogP contribution is -2.61. The van der Waals surface area contributed by atoms with Crippen LogP contribution in [0.15, 0.2) is 23.8 Å². The van der Waals surface area contributed by atoms with E-state index < -0.39 is 5.41 Å². The highest BCUT2D eigenvalue weighted by Crippen LogP contribution is 2.73. The van der Waals surface area contributed by atoms with Crippen molar-refractivity contribution in [3.63, 3.8) is 0 Å². The van der Waals surface area contributed by atoms with Crippen molar-refractivity contribution >= 4 is 17.3 Å². The van der Waals surface area contributed by atoms with Gasteiger partial charge in [0.05, 0.1) is 0 Å². The molecule has 0 aromatic carbocycles. The second-order valence-corrected chi connectivity index (χ2v) is 11.9. The summed E-state index contributed by atoms with van der Waals surface area (Å²) < 4.78 is 0. The Kier molecular flexibility index (Phi) is 5.50. The molecule has 170 valence electrons. The molecule has 4 aliphatic rings. The monoisotopic (exact) mass is 424 g/mol. The van der Waals surface area contributed by atoms with Crippen LogP contribution in [0, 0.1) is 45.8 Å². The predicted molar refractivity (Wildman–Crippen MR) is 123 cm³/mol. The summed E-state index contributed by atoms with van der Waals surface area (Å²) in [5, 5.41) is 0. The van der Waals surface area contributed by atoms with Crippen molar-refractivity contribution in [1.82, 2.24) is 0 Å². The number of carbonyl (C=O) groups excluding carboxylic acids is 3. The fraction of sp³-hybridized carbons (Fsp3) is 0.750. The zero-order chi connectivity index (χ0) is 22.8. The highest BCUT2D eigenvalue weighted by atomic mass is 16.1. The van der Waals surface area contributed by atoms with Gasteiger partial charge in [-0.15, -0.1) is 0 Å². The fourth-order valence-electron chi connectivity index (χ4n) is 8.03. The smallest absolute Gasteiger partial charge is 0.160 e. The minimum atomic E-state index is -0.550. The maximum Gasteiger partial charge on any atom is 0.160 e. The van der Waals surface area contributed by atoms with Crippen molar-refractivity contribution in [2.24, 2.45) is 45.8 Å². The van der Waals surface area contributed by atoms with E-state index in [1.54, 1.807) is 6.08 Å². The van der Waals surface area contributed by atoms with Crippen molar-refractivity contribution in [3.05, 3.63) is 23.8 Å². The second-order valence-electron chi connectivity index (χ2n) is 11.9. The number of fused-ring (bicyclic) bond motifs is 2. The van der Waals surface area contributed by atoms with E-state index in [1.165, 1.54) is 0 Å². The van der Waals surface area contributed by atoms with Gasteiger partial charge in [-0.1, -0.05) is 53.7 Å². The lowest BCUT2D eigenvalue weighted by Gasteiger charge is -2.60. The van der Waals surface area contributed by atoms with Crippen molar-refractivity contribution in [2.45, 2.75) is 86.5 Å². The average Bonchev–Trinajstić information content (AvgIpc) is 3.03. The van der Waals surface area contributed by atoms with E-state index in [4.69, 9.17) is 0 Å². The molecule has 3 nitrogen and oxygen atoms in total. The van der Waals surface area contributed by atoms with Crippen LogP contribution in [0.1, 0.15) is 86.5 Å². The largest absolute Gasteiger partial charge is 0.299 e. The van der Waals surface area contributed by atoms with Gasteiger partial charge in [0, 0.05) is 35.7 Å². The first kappa shape index (κ1) is 22.7. The number of ketones is 3. The molecule has 0 N–H and O–H groups in total. The Hall–Kier alpha value is -1.51. The van der Waals surface area contributed by atoms with Crippen LogP contribution in [0.3, 0.4) is 0 Å². The molecule has 3 heteroatoms. The number of hydrogen-bond acceptors (Lipinski definition) is 3. The van der Waals surface area contributed by atoms with E-state index in [1.807, 2.05) is 0 Å². The average molecular weight is 425 g/mol. The number of carbonyl (C=O) groups is 3. The standard InChI is InChI=1S/C28H40O3/c1-17(2)18(3)7-8-19(4)21-9-10-25(31)28-16-23(30)22-15-20(29)11-13-26(22,5)24(28)12-14-27(21,28)6/h7-8,15,17-19,21,24H,9-14,16H2,1-6H3/t18-,19-,21-,24-,26+,27-,28+/m1/s1. The maximum atomic E-state index is 13.7. The summed E-state index contributed by atoms with van der Waals surface area (Å²) in [5.41, 5.74) is -0.310. The first-order chi connectivity index (χ1) is 14.5. The van der Waals surface area contributed by atoms with E-state index in [0.29, 0.717) is 55.1 Å². The highest BCUT2D eigenvalue weighted by molar-refractivity contribution is 6.08. The molecule has 0 amide bonds. The lowest BCUT2D eigenvalue weighted by atomic mass is 9.41. The van der Waals surface area contributed by atoms with E-state index in [-0.39, 0.29) is 28.3 Å². The van der Waals surface area contributed by atoms with Gasteiger partial charge in [-0.2, -0.15) is 0 Å². The Bertz CT molecular complexity index is 863. The van der Waals surface area contributed by atoms with Gasteiger partial charge in [0.15, 0.2) is 11.6 Å². The summed E-state index contributed by atoms with van der Waals surface area (Å²) in [4.78, 5) is 39.3. The molecule has 4 rings (SSSR count). The molecule has 0 saturated heterocycles. The van der Waals surface area contributed by atoms with Crippen LogP contribution in [0.2, 0.25) is 0 Å². The molecular formula is C28H40O3. The van der Waals surface area contributed by atoms with Gasteiger partial charge >= 0.3 is 0 Å². The van der Waals surface area contributed by atoms with Crippen LogP contribution >= 0.6 is 0 Å². The first-order valence-corrected chi connectivity index (χ1v) is 12.5. The third-order valence-corrected chi connectivity index (χ3v) is 10.3. The summed E-state index contributed by atoms with van der Waals surface area (Å²) >= 11 is 0. The van der Waals surface area contributed by atoms with Crippen molar-refractivity contribution in [3.8, 4) is 0 Å². The van der Waals surface area contributed by atoms with E-state index in [0.717, 1.165) is 24.8 Å². The molecule has 0 aliphatic heterocycles. The molecule has 0 unspecified atom stereocenters. The van der Waals surface area contributed by atoms with Gasteiger partial charge in [0.1, 0.15) is 5.78 Å². The molecule has 4 aliphatic carbocycles. The molecule has 3 fully saturated rings. The summed E-state index contributed by atoms with van der Waals surface area (Å²) in [7, 11) is 0. The zero-order valence-electron chi connectivity index (χ0n) is 20.3.